The third-order valence-corrected chi connectivity index (χ3v) is 9.00. The second-order valence-electron chi connectivity index (χ2n) is 11.2. The lowest BCUT2D eigenvalue weighted by Crippen LogP contribution is -1.92. The molecule has 0 bridgehead atoms. The maximum Gasteiger partial charge on any atom is -0.00261 e. The molecule has 0 radical (unpaired) electrons. The molecular weight excluding hydrogens is 504 g/mol. The summed E-state index contributed by atoms with van der Waals surface area (Å²) >= 11 is 0. The molecule has 1 aliphatic carbocycles. The van der Waals surface area contributed by atoms with E-state index in [4.69, 9.17) is 0 Å². The van der Waals surface area contributed by atoms with Crippen molar-refractivity contribution in [2.75, 3.05) is 0 Å². The Labute approximate surface area is 245 Å². The molecule has 0 amide bonds. The summed E-state index contributed by atoms with van der Waals surface area (Å²) in [6.07, 6.45) is 0. The molecule has 0 aliphatic heterocycles. The summed E-state index contributed by atoms with van der Waals surface area (Å²) in [5.41, 5.74) is 12.8. The van der Waals surface area contributed by atoms with E-state index < -0.39 is 0 Å². The fourth-order valence-corrected chi connectivity index (χ4v) is 7.26. The molecule has 8 aromatic carbocycles. The monoisotopic (exact) mass is 530 g/mol. The molecule has 0 atom stereocenters. The van der Waals surface area contributed by atoms with Crippen LogP contribution in [-0.2, 0) is 0 Å². The standard InChI is InChI=1S/C42H26/c1-2-12-27(13-3-1)41-35-18-6-8-20-37(35)42(38-21-9-7-19-36(38)41)29-24-25-32-34-23-11-15-28-14-10-22-33(40(28)34)30-16-4-5-17-31(30)39(32)26-29/h1-26H. The van der Waals surface area contributed by atoms with Gasteiger partial charge in [-0.1, -0.05) is 152 Å². The van der Waals surface area contributed by atoms with Crippen LogP contribution in [0.1, 0.15) is 0 Å². The summed E-state index contributed by atoms with van der Waals surface area (Å²) in [5, 5.41) is 7.74. The van der Waals surface area contributed by atoms with E-state index in [1.807, 2.05) is 0 Å². The Bertz CT molecular complexity index is 2280. The van der Waals surface area contributed by atoms with E-state index in [1.165, 1.54) is 88.0 Å². The third-order valence-electron chi connectivity index (χ3n) is 9.00. The molecule has 42 heavy (non-hydrogen) atoms. The van der Waals surface area contributed by atoms with Gasteiger partial charge in [-0.3, -0.25) is 0 Å². The van der Waals surface area contributed by atoms with E-state index >= 15 is 0 Å². The van der Waals surface area contributed by atoms with Crippen LogP contribution in [0.3, 0.4) is 0 Å². The molecule has 0 nitrogen and oxygen atoms in total. The fraction of sp³-hybridized carbons (Fsp3) is 0. The van der Waals surface area contributed by atoms with Gasteiger partial charge in [0.25, 0.3) is 0 Å². The highest BCUT2D eigenvalue weighted by atomic mass is 14.3. The molecule has 1 aliphatic rings. The maximum atomic E-state index is 2.44. The first-order valence-electron chi connectivity index (χ1n) is 14.6. The van der Waals surface area contributed by atoms with Crippen molar-refractivity contribution in [2.24, 2.45) is 0 Å². The molecular formula is C42H26. The Hall–Kier alpha value is -5.46. The van der Waals surface area contributed by atoms with Gasteiger partial charge in [0.1, 0.15) is 0 Å². The van der Waals surface area contributed by atoms with Crippen LogP contribution in [-0.4, -0.2) is 0 Å². The number of hydrogen-bond acceptors (Lipinski definition) is 0. The first kappa shape index (κ1) is 23.3. The molecule has 0 heteroatoms. The topological polar surface area (TPSA) is 0 Å². The number of rotatable bonds is 2. The van der Waals surface area contributed by atoms with Gasteiger partial charge >= 0.3 is 0 Å². The van der Waals surface area contributed by atoms with Crippen LogP contribution in [0.4, 0.5) is 0 Å². The van der Waals surface area contributed by atoms with Gasteiger partial charge in [0.05, 0.1) is 0 Å². The Morgan fingerprint density at radius 3 is 1.31 bits per heavy atom. The zero-order valence-electron chi connectivity index (χ0n) is 23.0. The first-order valence-corrected chi connectivity index (χ1v) is 14.6. The van der Waals surface area contributed by atoms with Gasteiger partial charge in [-0.2, -0.15) is 0 Å². The molecule has 0 fully saturated rings. The van der Waals surface area contributed by atoms with Gasteiger partial charge < -0.3 is 0 Å². The zero-order valence-corrected chi connectivity index (χ0v) is 23.0. The minimum absolute atomic E-state index is 1.24. The Balaban J connectivity index is 1.40. The number of benzene rings is 8. The average Bonchev–Trinajstić information content (AvgIpc) is 3.18. The quantitative estimate of drug-likeness (QED) is 0.195. The Morgan fingerprint density at radius 1 is 0.262 bits per heavy atom. The summed E-state index contributed by atoms with van der Waals surface area (Å²) in [7, 11) is 0. The molecule has 0 saturated carbocycles. The molecule has 0 saturated heterocycles. The maximum absolute atomic E-state index is 2.44. The highest BCUT2D eigenvalue weighted by Crippen LogP contribution is 2.50. The van der Waals surface area contributed by atoms with Crippen LogP contribution in [0.5, 0.6) is 0 Å². The molecule has 0 N–H and O–H groups in total. The Morgan fingerprint density at radius 2 is 0.714 bits per heavy atom. The highest BCUT2D eigenvalue weighted by Gasteiger charge is 2.23. The van der Waals surface area contributed by atoms with Gasteiger partial charge in [0, 0.05) is 0 Å². The van der Waals surface area contributed by atoms with E-state index in [0.717, 1.165) is 0 Å². The van der Waals surface area contributed by atoms with Crippen LogP contribution in [0, 0.1) is 0 Å². The van der Waals surface area contributed by atoms with Crippen molar-refractivity contribution in [3.8, 4) is 55.6 Å². The van der Waals surface area contributed by atoms with Gasteiger partial charge in [0.15, 0.2) is 0 Å². The SMILES string of the molecule is c1ccc(-c2c3ccccc3c(-c3ccc4c(c3)-c3ccccc3-c3cccc5cccc-4c35)c3ccccc23)cc1. The molecule has 8 aromatic rings. The molecule has 0 spiro atoms. The normalized spacial score (nSPS) is 11.8. The first-order chi connectivity index (χ1) is 20.9. The van der Waals surface area contributed by atoms with Gasteiger partial charge in [-0.15, -0.1) is 0 Å². The van der Waals surface area contributed by atoms with Crippen molar-refractivity contribution in [1.82, 2.24) is 0 Å². The van der Waals surface area contributed by atoms with Gasteiger partial charge in [-0.25, -0.2) is 0 Å². The van der Waals surface area contributed by atoms with E-state index in [2.05, 4.69) is 158 Å². The van der Waals surface area contributed by atoms with Crippen LogP contribution >= 0.6 is 0 Å². The van der Waals surface area contributed by atoms with Crippen LogP contribution < -0.4 is 0 Å². The van der Waals surface area contributed by atoms with Crippen molar-refractivity contribution in [3.05, 3.63) is 158 Å². The number of hydrogen-bond donors (Lipinski definition) is 0. The van der Waals surface area contributed by atoms with E-state index in [0.29, 0.717) is 0 Å². The number of fused-ring (bicyclic) bond motifs is 7. The van der Waals surface area contributed by atoms with Gasteiger partial charge in [-0.05, 0) is 94.0 Å². The smallest absolute Gasteiger partial charge is 0.00261 e. The molecule has 9 rings (SSSR count). The lowest BCUT2D eigenvalue weighted by Gasteiger charge is -2.19. The summed E-state index contributed by atoms with van der Waals surface area (Å²) in [6, 6.07) is 58.1. The molecule has 0 unspecified atom stereocenters. The molecule has 0 aromatic heterocycles. The summed E-state index contributed by atoms with van der Waals surface area (Å²) in [4.78, 5) is 0. The van der Waals surface area contributed by atoms with E-state index in [9.17, 15) is 0 Å². The van der Waals surface area contributed by atoms with Crippen LogP contribution in [0.25, 0.3) is 88.0 Å². The van der Waals surface area contributed by atoms with E-state index in [1.54, 1.807) is 0 Å². The predicted octanol–water partition coefficient (Wildman–Crippen LogP) is 11.8. The van der Waals surface area contributed by atoms with Crippen molar-refractivity contribution in [2.45, 2.75) is 0 Å². The summed E-state index contributed by atoms with van der Waals surface area (Å²) in [5.74, 6) is 0. The highest BCUT2D eigenvalue weighted by molar-refractivity contribution is 6.22. The summed E-state index contributed by atoms with van der Waals surface area (Å²) in [6.45, 7) is 0. The fourth-order valence-electron chi connectivity index (χ4n) is 7.26. The lowest BCUT2D eigenvalue weighted by atomic mass is 9.84. The summed E-state index contributed by atoms with van der Waals surface area (Å²) < 4.78 is 0. The van der Waals surface area contributed by atoms with Crippen molar-refractivity contribution in [1.29, 1.82) is 0 Å². The zero-order chi connectivity index (χ0) is 27.6. The van der Waals surface area contributed by atoms with Crippen molar-refractivity contribution < 1.29 is 0 Å². The lowest BCUT2D eigenvalue weighted by molar-refractivity contribution is 1.61. The molecule has 0 heterocycles. The third kappa shape index (κ3) is 3.30. The predicted molar refractivity (Wildman–Crippen MR) is 180 cm³/mol. The van der Waals surface area contributed by atoms with Crippen molar-refractivity contribution in [3.63, 3.8) is 0 Å². The van der Waals surface area contributed by atoms with Crippen LogP contribution in [0.15, 0.2) is 158 Å². The Kier molecular flexibility index (Phi) is 5.00. The average molecular weight is 531 g/mol. The largest absolute Gasteiger partial charge is 0.0622 e. The second kappa shape index (κ2) is 9.03. The minimum Gasteiger partial charge on any atom is -0.0622 e. The van der Waals surface area contributed by atoms with Crippen LogP contribution in [0.2, 0.25) is 0 Å². The second-order valence-corrected chi connectivity index (χ2v) is 11.2. The van der Waals surface area contributed by atoms with E-state index in [-0.39, 0.29) is 0 Å². The van der Waals surface area contributed by atoms with Gasteiger partial charge in [0.2, 0.25) is 0 Å². The molecule has 194 valence electrons. The van der Waals surface area contributed by atoms with Crippen molar-refractivity contribution >= 4 is 32.3 Å². The minimum atomic E-state index is 1.24.